The van der Waals surface area contributed by atoms with Crippen LogP contribution in [0.5, 0.6) is 0 Å². The number of halogens is 1. The van der Waals surface area contributed by atoms with E-state index in [2.05, 4.69) is 10.3 Å². The third kappa shape index (κ3) is 7.99. The molecule has 3 aromatic rings. The number of aromatic nitrogens is 2. The molecule has 1 atom stereocenters. The van der Waals surface area contributed by atoms with Crippen molar-refractivity contribution >= 4 is 45.0 Å². The van der Waals surface area contributed by atoms with Crippen LogP contribution >= 0.6 is 11.6 Å². The zero-order valence-corrected chi connectivity index (χ0v) is 23.4. The second kappa shape index (κ2) is 13.1. The molecule has 2 aromatic heterocycles. The number of benzene rings is 1. The second-order valence-electron chi connectivity index (χ2n) is 9.40. The van der Waals surface area contributed by atoms with E-state index in [1.807, 2.05) is 4.90 Å². The van der Waals surface area contributed by atoms with Crippen LogP contribution in [0.25, 0.3) is 5.69 Å². The zero-order chi connectivity index (χ0) is 29.6. The minimum Gasteiger partial charge on any atom is -0.481 e. The number of carboxylic acid groups (broad SMARTS) is 1. The highest BCUT2D eigenvalue weighted by atomic mass is 35.5. The van der Waals surface area contributed by atoms with Gasteiger partial charge in [-0.2, -0.15) is 0 Å². The fraction of sp³-hybridized carbons (Fsp3) is 0.296. The number of anilines is 1. The standard InChI is InChI=1S/C27H28ClN5O7S/c28-20-6-9-23(29-18-20)33(12-11-31-13-15-41(39,40)16-14-31)27(38)22(17-25(35)36)30-26(37)19-4-7-21(8-5-19)32-10-2-1-3-24(32)34/h1-10,18,22H,11-17H2,(H,30,37)(H,35,36)/t22-/m0/s1. The van der Waals surface area contributed by atoms with E-state index >= 15 is 0 Å². The Balaban J connectivity index is 1.53. The summed E-state index contributed by atoms with van der Waals surface area (Å²) in [5.74, 6) is -2.46. The van der Waals surface area contributed by atoms with Gasteiger partial charge in [0.05, 0.1) is 22.9 Å². The Labute approximate surface area is 241 Å². The van der Waals surface area contributed by atoms with E-state index in [1.165, 1.54) is 46.0 Å². The van der Waals surface area contributed by atoms with Gasteiger partial charge in [-0.15, -0.1) is 0 Å². The molecule has 0 spiro atoms. The average molecular weight is 602 g/mol. The lowest BCUT2D eigenvalue weighted by atomic mass is 10.1. The Hall–Kier alpha value is -4.07. The van der Waals surface area contributed by atoms with Crippen molar-refractivity contribution < 1.29 is 27.9 Å². The van der Waals surface area contributed by atoms with Gasteiger partial charge in [-0.3, -0.25) is 33.5 Å². The quantitative estimate of drug-likeness (QED) is 0.348. The number of nitrogens with one attached hydrogen (secondary N) is 1. The summed E-state index contributed by atoms with van der Waals surface area (Å²) in [7, 11) is -3.09. The van der Waals surface area contributed by atoms with Gasteiger partial charge in [0.15, 0.2) is 9.84 Å². The number of aliphatic carboxylic acids is 1. The van der Waals surface area contributed by atoms with Gasteiger partial charge in [0.25, 0.3) is 17.4 Å². The number of hydrogen-bond donors (Lipinski definition) is 2. The number of nitrogens with zero attached hydrogens (tertiary/aromatic N) is 4. The highest BCUT2D eigenvalue weighted by Crippen LogP contribution is 2.17. The molecule has 14 heteroatoms. The highest BCUT2D eigenvalue weighted by molar-refractivity contribution is 7.91. The Bertz CT molecular complexity index is 1560. The molecule has 3 heterocycles. The van der Waals surface area contributed by atoms with Crippen molar-refractivity contribution in [1.29, 1.82) is 0 Å². The van der Waals surface area contributed by atoms with Crippen LogP contribution in [-0.4, -0.2) is 89.5 Å². The molecule has 1 aliphatic heterocycles. The maximum absolute atomic E-state index is 13.7. The first-order valence-electron chi connectivity index (χ1n) is 12.7. The van der Waals surface area contributed by atoms with E-state index in [0.717, 1.165) is 0 Å². The summed E-state index contributed by atoms with van der Waals surface area (Å²) in [4.78, 5) is 57.9. The number of sulfone groups is 1. The lowest BCUT2D eigenvalue weighted by Crippen LogP contribution is -2.52. The van der Waals surface area contributed by atoms with Crippen LogP contribution < -0.4 is 15.8 Å². The first-order valence-corrected chi connectivity index (χ1v) is 14.9. The number of amides is 2. The Morgan fingerprint density at radius 2 is 1.76 bits per heavy atom. The molecular formula is C27H28ClN5O7S. The van der Waals surface area contributed by atoms with Gasteiger partial charge in [0, 0.05) is 55.9 Å². The van der Waals surface area contributed by atoms with Crippen molar-refractivity contribution in [2.75, 3.05) is 42.6 Å². The van der Waals surface area contributed by atoms with Crippen molar-refractivity contribution in [3.05, 3.63) is 87.9 Å². The van der Waals surface area contributed by atoms with Gasteiger partial charge in [-0.05, 0) is 42.5 Å². The van der Waals surface area contributed by atoms with Crippen LogP contribution in [0.4, 0.5) is 5.82 Å². The van der Waals surface area contributed by atoms with E-state index in [-0.39, 0.29) is 35.0 Å². The molecular weight excluding hydrogens is 574 g/mol. The normalized spacial score (nSPS) is 15.5. The third-order valence-electron chi connectivity index (χ3n) is 6.54. The fourth-order valence-corrected chi connectivity index (χ4v) is 5.69. The zero-order valence-electron chi connectivity index (χ0n) is 21.8. The summed E-state index contributed by atoms with van der Waals surface area (Å²) < 4.78 is 25.0. The number of rotatable bonds is 10. The lowest BCUT2D eigenvalue weighted by molar-refractivity contribution is -0.139. The molecule has 1 aromatic carbocycles. The molecule has 0 unspecified atom stereocenters. The number of hydrogen-bond acceptors (Lipinski definition) is 8. The van der Waals surface area contributed by atoms with Gasteiger partial charge < -0.3 is 10.4 Å². The van der Waals surface area contributed by atoms with Gasteiger partial charge in [0.2, 0.25) is 0 Å². The van der Waals surface area contributed by atoms with E-state index in [1.54, 1.807) is 30.5 Å². The third-order valence-corrected chi connectivity index (χ3v) is 8.38. The number of carbonyl (C=O) groups excluding carboxylic acids is 2. The molecule has 2 N–H and O–H groups in total. The van der Waals surface area contributed by atoms with Crippen LogP contribution in [0.3, 0.4) is 0 Å². The Morgan fingerprint density at radius 1 is 1.05 bits per heavy atom. The van der Waals surface area contributed by atoms with Gasteiger partial charge in [-0.1, -0.05) is 17.7 Å². The van der Waals surface area contributed by atoms with Crippen LogP contribution in [0, 0.1) is 0 Å². The lowest BCUT2D eigenvalue weighted by Gasteiger charge is -2.31. The molecule has 0 saturated carbocycles. The van der Waals surface area contributed by atoms with Crippen LogP contribution in [0.15, 0.2) is 71.8 Å². The Morgan fingerprint density at radius 3 is 2.37 bits per heavy atom. The van der Waals surface area contributed by atoms with Gasteiger partial charge in [-0.25, -0.2) is 13.4 Å². The summed E-state index contributed by atoms with van der Waals surface area (Å²) in [6.45, 7) is 0.983. The maximum Gasteiger partial charge on any atom is 0.305 e. The van der Waals surface area contributed by atoms with Crippen molar-refractivity contribution in [2.45, 2.75) is 12.5 Å². The van der Waals surface area contributed by atoms with Gasteiger partial charge >= 0.3 is 5.97 Å². The monoisotopic (exact) mass is 601 g/mol. The van der Waals surface area contributed by atoms with Crippen molar-refractivity contribution in [1.82, 2.24) is 19.8 Å². The predicted molar refractivity (Wildman–Crippen MR) is 152 cm³/mol. The number of carboxylic acids is 1. The molecule has 0 aliphatic carbocycles. The summed E-state index contributed by atoms with van der Waals surface area (Å²) in [5, 5.41) is 12.4. The summed E-state index contributed by atoms with van der Waals surface area (Å²) >= 11 is 5.96. The molecule has 0 radical (unpaired) electrons. The SMILES string of the molecule is O=C(O)C[C@H](NC(=O)c1ccc(-n2ccccc2=O)cc1)C(=O)N(CCN1CCS(=O)(=O)CC1)c1ccc(Cl)cn1. The minimum absolute atomic E-state index is 0.00946. The van der Waals surface area contributed by atoms with Crippen molar-refractivity contribution in [3.8, 4) is 5.69 Å². The Kier molecular flexibility index (Phi) is 9.53. The molecule has 0 bridgehead atoms. The van der Waals surface area contributed by atoms with E-state index in [4.69, 9.17) is 11.6 Å². The first-order chi connectivity index (χ1) is 19.5. The second-order valence-corrected chi connectivity index (χ2v) is 12.1. The molecule has 41 heavy (non-hydrogen) atoms. The average Bonchev–Trinajstić information content (AvgIpc) is 2.94. The summed E-state index contributed by atoms with van der Waals surface area (Å²) in [6, 6.07) is 12.4. The predicted octanol–water partition coefficient (Wildman–Crippen LogP) is 1.22. The van der Waals surface area contributed by atoms with Crippen LogP contribution in [0.2, 0.25) is 5.02 Å². The summed E-state index contributed by atoms with van der Waals surface area (Å²) in [5.41, 5.74) is 0.432. The molecule has 1 saturated heterocycles. The summed E-state index contributed by atoms with van der Waals surface area (Å²) in [6.07, 6.45) is 2.24. The van der Waals surface area contributed by atoms with Crippen molar-refractivity contribution in [2.24, 2.45) is 0 Å². The van der Waals surface area contributed by atoms with E-state index in [9.17, 15) is 32.7 Å². The number of pyridine rings is 2. The van der Waals surface area contributed by atoms with Crippen LogP contribution in [-0.2, 0) is 19.4 Å². The van der Waals surface area contributed by atoms with Crippen molar-refractivity contribution in [3.63, 3.8) is 0 Å². The topological polar surface area (TPSA) is 159 Å². The van der Waals surface area contributed by atoms with Gasteiger partial charge in [0.1, 0.15) is 11.9 Å². The van der Waals surface area contributed by atoms with E-state index < -0.39 is 40.1 Å². The number of carbonyl (C=O) groups is 3. The smallest absolute Gasteiger partial charge is 0.305 e. The fourth-order valence-electron chi connectivity index (χ4n) is 4.30. The maximum atomic E-state index is 13.7. The van der Waals surface area contributed by atoms with Crippen LogP contribution in [0.1, 0.15) is 16.8 Å². The molecule has 4 rings (SSSR count). The molecule has 1 aliphatic rings. The minimum atomic E-state index is -3.09. The largest absolute Gasteiger partial charge is 0.481 e. The molecule has 12 nitrogen and oxygen atoms in total. The molecule has 1 fully saturated rings. The molecule has 2 amide bonds. The first kappa shape index (κ1) is 29.9. The van der Waals surface area contributed by atoms with E-state index in [0.29, 0.717) is 30.3 Å². The molecule has 216 valence electrons. The highest BCUT2D eigenvalue weighted by Gasteiger charge is 2.31.